The maximum absolute atomic E-state index is 13.4. The molecule has 0 radical (unpaired) electrons. The molecule has 0 aliphatic rings. The molecule has 0 amide bonds. The molecule has 1 rings (SSSR count). The maximum Gasteiger partial charge on any atom is 0.128 e. The summed E-state index contributed by atoms with van der Waals surface area (Å²) in [5.41, 5.74) is 6.02. The first-order valence-corrected chi connectivity index (χ1v) is 4.56. The van der Waals surface area contributed by atoms with Gasteiger partial charge in [-0.1, -0.05) is 20.8 Å². The van der Waals surface area contributed by atoms with E-state index in [1.807, 2.05) is 20.8 Å². The molecule has 1 aromatic rings. The monoisotopic (exact) mass is 197 g/mol. The Kier molecular flexibility index (Phi) is 2.81. The van der Waals surface area contributed by atoms with Crippen molar-refractivity contribution < 1.29 is 9.50 Å². The van der Waals surface area contributed by atoms with Gasteiger partial charge >= 0.3 is 0 Å². The molecular weight excluding hydrogens is 181 g/mol. The molecular formula is C11H16FNO. The van der Waals surface area contributed by atoms with E-state index in [1.54, 1.807) is 0 Å². The van der Waals surface area contributed by atoms with Crippen LogP contribution in [0.5, 0.6) is 5.75 Å². The van der Waals surface area contributed by atoms with Crippen molar-refractivity contribution in [3.63, 3.8) is 0 Å². The van der Waals surface area contributed by atoms with Crippen LogP contribution < -0.4 is 5.73 Å². The van der Waals surface area contributed by atoms with E-state index in [-0.39, 0.29) is 17.0 Å². The van der Waals surface area contributed by atoms with Gasteiger partial charge in [-0.2, -0.15) is 0 Å². The average Bonchev–Trinajstić information content (AvgIpc) is 2.06. The van der Waals surface area contributed by atoms with Crippen LogP contribution >= 0.6 is 0 Å². The van der Waals surface area contributed by atoms with E-state index < -0.39 is 6.04 Å². The molecule has 0 saturated heterocycles. The van der Waals surface area contributed by atoms with Crippen LogP contribution in [0.1, 0.15) is 32.4 Å². The molecule has 14 heavy (non-hydrogen) atoms. The van der Waals surface area contributed by atoms with Gasteiger partial charge in [0.2, 0.25) is 0 Å². The molecule has 0 bridgehead atoms. The van der Waals surface area contributed by atoms with Crippen molar-refractivity contribution in [1.82, 2.24) is 0 Å². The van der Waals surface area contributed by atoms with E-state index >= 15 is 0 Å². The number of phenolic OH excluding ortho intramolecular Hbond substituents is 1. The molecule has 0 fully saturated rings. The van der Waals surface area contributed by atoms with Crippen LogP contribution in [0, 0.1) is 11.2 Å². The summed E-state index contributed by atoms with van der Waals surface area (Å²) in [4.78, 5) is 0. The number of benzene rings is 1. The first-order valence-electron chi connectivity index (χ1n) is 4.56. The fourth-order valence-corrected chi connectivity index (χ4v) is 1.24. The second-order valence-electron chi connectivity index (χ2n) is 4.55. The Hall–Kier alpha value is -1.09. The van der Waals surface area contributed by atoms with Crippen molar-refractivity contribution in [3.8, 4) is 5.75 Å². The molecule has 0 aliphatic heterocycles. The van der Waals surface area contributed by atoms with E-state index in [0.717, 1.165) is 0 Å². The van der Waals surface area contributed by atoms with Crippen LogP contribution in [0.2, 0.25) is 0 Å². The molecule has 78 valence electrons. The van der Waals surface area contributed by atoms with Gasteiger partial charge in [-0.05, 0) is 23.6 Å². The van der Waals surface area contributed by atoms with Gasteiger partial charge in [0.15, 0.2) is 0 Å². The van der Waals surface area contributed by atoms with E-state index in [1.165, 1.54) is 18.2 Å². The number of nitrogens with two attached hydrogens (primary N) is 1. The number of halogens is 1. The first-order chi connectivity index (χ1) is 6.32. The lowest BCUT2D eigenvalue weighted by Gasteiger charge is -2.27. The van der Waals surface area contributed by atoms with E-state index in [4.69, 9.17) is 5.73 Å². The minimum atomic E-state index is -0.422. The smallest absolute Gasteiger partial charge is 0.128 e. The third-order valence-electron chi connectivity index (χ3n) is 2.25. The Morgan fingerprint density at radius 1 is 1.36 bits per heavy atom. The van der Waals surface area contributed by atoms with Gasteiger partial charge in [0.05, 0.1) is 0 Å². The summed E-state index contributed by atoms with van der Waals surface area (Å²) in [6, 6.07) is 3.50. The Morgan fingerprint density at radius 3 is 2.43 bits per heavy atom. The summed E-state index contributed by atoms with van der Waals surface area (Å²) >= 11 is 0. The maximum atomic E-state index is 13.4. The summed E-state index contributed by atoms with van der Waals surface area (Å²) in [6.07, 6.45) is 0. The number of aromatic hydroxyl groups is 1. The highest BCUT2D eigenvalue weighted by Gasteiger charge is 2.24. The van der Waals surface area contributed by atoms with Gasteiger partial charge in [0, 0.05) is 11.6 Å². The molecule has 2 nitrogen and oxygen atoms in total. The third kappa shape index (κ3) is 2.23. The number of hydrogen-bond donors (Lipinski definition) is 2. The lowest BCUT2D eigenvalue weighted by Crippen LogP contribution is -2.27. The minimum absolute atomic E-state index is 0.0427. The standard InChI is InChI=1S/C11H16FNO/c1-11(2,3)10(13)8-6-7(14)4-5-9(8)12/h4-6,10,14H,13H2,1-3H3/t10-/m0/s1. The molecule has 0 unspecified atom stereocenters. The molecule has 0 heterocycles. The largest absolute Gasteiger partial charge is 0.508 e. The summed E-state index contributed by atoms with van der Waals surface area (Å²) in [7, 11) is 0. The zero-order valence-corrected chi connectivity index (χ0v) is 8.71. The topological polar surface area (TPSA) is 46.2 Å². The predicted molar refractivity (Wildman–Crippen MR) is 54.4 cm³/mol. The molecule has 3 N–H and O–H groups in total. The molecule has 1 atom stereocenters. The predicted octanol–water partition coefficient (Wildman–Crippen LogP) is 2.58. The first kappa shape index (κ1) is 11.0. The second kappa shape index (κ2) is 3.58. The van der Waals surface area contributed by atoms with Crippen LogP contribution in [0.3, 0.4) is 0 Å². The third-order valence-corrected chi connectivity index (χ3v) is 2.25. The zero-order chi connectivity index (χ0) is 10.9. The Labute approximate surface area is 83.6 Å². The summed E-state index contributed by atoms with van der Waals surface area (Å²) in [5.74, 6) is -0.327. The van der Waals surface area contributed by atoms with E-state index in [0.29, 0.717) is 5.56 Å². The Morgan fingerprint density at radius 2 is 1.93 bits per heavy atom. The number of hydrogen-bond acceptors (Lipinski definition) is 2. The Balaban J connectivity index is 3.12. The molecule has 0 saturated carbocycles. The van der Waals surface area contributed by atoms with Gasteiger partial charge in [0.25, 0.3) is 0 Å². The number of phenols is 1. The number of rotatable bonds is 1. The fraction of sp³-hybridized carbons (Fsp3) is 0.455. The van der Waals surface area contributed by atoms with Crippen molar-refractivity contribution >= 4 is 0 Å². The average molecular weight is 197 g/mol. The quantitative estimate of drug-likeness (QED) is 0.726. The normalized spacial score (nSPS) is 14.1. The second-order valence-corrected chi connectivity index (χ2v) is 4.55. The van der Waals surface area contributed by atoms with Gasteiger partial charge in [-0.25, -0.2) is 4.39 Å². The zero-order valence-electron chi connectivity index (χ0n) is 8.71. The molecule has 3 heteroatoms. The molecule has 0 aliphatic carbocycles. The molecule has 0 spiro atoms. The van der Waals surface area contributed by atoms with Gasteiger partial charge in [0.1, 0.15) is 11.6 Å². The van der Waals surface area contributed by atoms with Gasteiger partial charge < -0.3 is 10.8 Å². The van der Waals surface area contributed by atoms with Crippen LogP contribution in [0.15, 0.2) is 18.2 Å². The highest BCUT2D eigenvalue weighted by molar-refractivity contribution is 5.31. The SMILES string of the molecule is CC(C)(C)[C@@H](N)c1cc(O)ccc1F. The van der Waals surface area contributed by atoms with Crippen LogP contribution in [0.4, 0.5) is 4.39 Å². The van der Waals surface area contributed by atoms with E-state index in [2.05, 4.69) is 0 Å². The van der Waals surface area contributed by atoms with Crippen molar-refractivity contribution in [3.05, 3.63) is 29.6 Å². The summed E-state index contributed by atoms with van der Waals surface area (Å²) < 4.78 is 13.4. The van der Waals surface area contributed by atoms with Crippen molar-refractivity contribution in [1.29, 1.82) is 0 Å². The van der Waals surface area contributed by atoms with Crippen LogP contribution in [0.25, 0.3) is 0 Å². The fourth-order valence-electron chi connectivity index (χ4n) is 1.24. The van der Waals surface area contributed by atoms with Crippen molar-refractivity contribution in [2.45, 2.75) is 26.8 Å². The lowest BCUT2D eigenvalue weighted by molar-refractivity contribution is 0.318. The Bertz CT molecular complexity index is 331. The molecule has 1 aromatic carbocycles. The minimum Gasteiger partial charge on any atom is -0.508 e. The highest BCUT2D eigenvalue weighted by Crippen LogP contribution is 2.33. The van der Waals surface area contributed by atoms with Crippen molar-refractivity contribution in [2.24, 2.45) is 11.1 Å². The molecule has 0 aromatic heterocycles. The van der Waals surface area contributed by atoms with Crippen LogP contribution in [-0.4, -0.2) is 5.11 Å². The highest BCUT2D eigenvalue weighted by atomic mass is 19.1. The summed E-state index contributed by atoms with van der Waals surface area (Å²) in [6.45, 7) is 5.80. The summed E-state index contributed by atoms with van der Waals surface area (Å²) in [5, 5.41) is 9.23. The van der Waals surface area contributed by atoms with Crippen molar-refractivity contribution in [2.75, 3.05) is 0 Å². The van der Waals surface area contributed by atoms with E-state index in [9.17, 15) is 9.50 Å². The van der Waals surface area contributed by atoms with Crippen LogP contribution in [-0.2, 0) is 0 Å². The lowest BCUT2D eigenvalue weighted by atomic mass is 9.83. The van der Waals surface area contributed by atoms with Gasteiger partial charge in [-0.15, -0.1) is 0 Å². The van der Waals surface area contributed by atoms with Gasteiger partial charge in [-0.3, -0.25) is 0 Å².